The van der Waals surface area contributed by atoms with Gasteiger partial charge < -0.3 is 33.8 Å². The van der Waals surface area contributed by atoms with Crippen molar-refractivity contribution < 1.29 is 33.8 Å². The fraction of sp³-hybridized carbons (Fsp3) is 1.00. The summed E-state index contributed by atoms with van der Waals surface area (Å²) in [7, 11) is 0. The number of rotatable bonds is 0. The first-order valence-electron chi connectivity index (χ1n) is 7.31. The van der Waals surface area contributed by atoms with Gasteiger partial charge in [-0.25, -0.2) is 10.0 Å². The van der Waals surface area contributed by atoms with Crippen LogP contribution in [-0.4, -0.2) is 97.5 Å². The van der Waals surface area contributed by atoms with Crippen molar-refractivity contribution >= 4 is 24.8 Å². The van der Waals surface area contributed by atoms with Gasteiger partial charge in [-0.3, -0.25) is 11.7 Å². The van der Waals surface area contributed by atoms with E-state index < -0.39 is 0 Å². The van der Waals surface area contributed by atoms with Crippen LogP contribution in [0.15, 0.2) is 0 Å². The van der Waals surface area contributed by atoms with Gasteiger partial charge in [0.25, 0.3) is 0 Å². The molecule has 3 heterocycles. The molecule has 10 heteroatoms. The van der Waals surface area contributed by atoms with Crippen LogP contribution in [0.3, 0.4) is 0 Å². The van der Waals surface area contributed by atoms with E-state index >= 15 is 0 Å². The summed E-state index contributed by atoms with van der Waals surface area (Å²) in [6.45, 7) is 14.6. The van der Waals surface area contributed by atoms with E-state index in [0.29, 0.717) is 0 Å². The molecule has 4 N–H and O–H groups in total. The zero-order valence-electron chi connectivity index (χ0n) is 13.0. The molecule has 0 radical (unpaired) electrons. The van der Waals surface area contributed by atoms with Crippen molar-refractivity contribution in [1.29, 1.82) is 0 Å². The van der Waals surface area contributed by atoms with Crippen LogP contribution < -0.4 is 36.5 Å². The molecule has 0 aromatic heterocycles. The Bertz CT molecular complexity index is 264. The van der Waals surface area contributed by atoms with E-state index in [0.717, 1.165) is 26.2 Å². The predicted molar refractivity (Wildman–Crippen MR) is 85.5 cm³/mol. The van der Waals surface area contributed by atoms with E-state index in [1.807, 2.05) is 10.0 Å². The third kappa shape index (κ3) is 5.48. The lowest BCUT2D eigenvalue weighted by Gasteiger charge is -2.53. The molecule has 0 atom stereocenters. The van der Waals surface area contributed by atoms with Crippen LogP contribution in [0.5, 0.6) is 0 Å². The van der Waals surface area contributed by atoms with E-state index in [9.17, 15) is 0 Å². The van der Waals surface area contributed by atoms with Gasteiger partial charge in [-0.15, -0.1) is 24.8 Å². The Labute approximate surface area is 158 Å². The van der Waals surface area contributed by atoms with Gasteiger partial charge in [0.15, 0.2) is 0 Å². The summed E-state index contributed by atoms with van der Waals surface area (Å²) < 4.78 is 2.64. The highest BCUT2D eigenvalue weighted by Crippen LogP contribution is 2.22. The summed E-state index contributed by atoms with van der Waals surface area (Å²) in [6.07, 6.45) is 0. The van der Waals surface area contributed by atoms with Gasteiger partial charge in [0.2, 0.25) is 0 Å². The summed E-state index contributed by atoms with van der Waals surface area (Å²) >= 11 is 0. The average molecular weight is 400 g/mol. The number of hydrazine groups is 2. The molecule has 0 unspecified atom stereocenters. The molecule has 136 valence electrons. The molecular weight excluding hydrogens is 370 g/mol. The molecule has 0 bridgehead atoms. The summed E-state index contributed by atoms with van der Waals surface area (Å²) in [6, 6.07) is 0. The summed E-state index contributed by atoms with van der Waals surface area (Å²) in [5, 5.41) is 3.96. The lowest BCUT2D eigenvalue weighted by molar-refractivity contribution is -1.03. The maximum Gasteiger partial charge on any atom is 0.129 e. The van der Waals surface area contributed by atoms with Crippen LogP contribution >= 0.6 is 24.8 Å². The molecule has 3 saturated heterocycles. The van der Waals surface area contributed by atoms with E-state index in [1.54, 1.807) is 0 Å². The average Bonchev–Trinajstić information content (AvgIpc) is 2.41. The van der Waals surface area contributed by atoms with Gasteiger partial charge in [-0.05, 0) is 0 Å². The first kappa shape index (κ1) is 25.2. The highest BCUT2D eigenvalue weighted by molar-refractivity contribution is 5.85. The Morgan fingerprint density at radius 2 is 0.727 bits per heavy atom. The maximum atomic E-state index is 5.88. The van der Waals surface area contributed by atoms with Crippen LogP contribution in [0, 0.1) is 0 Å². The van der Waals surface area contributed by atoms with Gasteiger partial charge >= 0.3 is 0 Å². The minimum Gasteiger partial charge on any atom is -1.00 e. The second kappa shape index (κ2) is 10.0. The third-order valence-electron chi connectivity index (χ3n) is 5.54. The summed E-state index contributed by atoms with van der Waals surface area (Å²) in [4.78, 5) is 0. The molecule has 0 amide bonds. The van der Waals surface area contributed by atoms with Crippen LogP contribution in [-0.2, 0) is 0 Å². The SMILES string of the molecule is Cl.Cl.NN1CC[N+]2(CC1)CC[N+]1(CCN(N)CC1)CC2.[Cl-].[Cl-]. The first-order valence-corrected chi connectivity index (χ1v) is 7.31. The van der Waals surface area contributed by atoms with Gasteiger partial charge in [0, 0.05) is 0 Å². The number of nitrogens with two attached hydrogens (primary N) is 2. The van der Waals surface area contributed by atoms with Gasteiger partial charge in [0.1, 0.15) is 26.2 Å². The second-order valence-electron chi connectivity index (χ2n) is 6.54. The van der Waals surface area contributed by atoms with Crippen molar-refractivity contribution in [3.8, 4) is 0 Å². The predicted octanol–water partition coefficient (Wildman–Crippen LogP) is -7.14. The molecule has 6 nitrogen and oxygen atoms in total. The van der Waals surface area contributed by atoms with Crippen LogP contribution in [0.25, 0.3) is 0 Å². The van der Waals surface area contributed by atoms with Crippen molar-refractivity contribution in [2.75, 3.05) is 78.5 Å². The zero-order chi connectivity index (χ0) is 12.6. The number of halogens is 4. The quantitative estimate of drug-likeness (QED) is 0.314. The van der Waals surface area contributed by atoms with Crippen molar-refractivity contribution in [3.05, 3.63) is 0 Å². The summed E-state index contributed by atoms with van der Waals surface area (Å²) in [5.74, 6) is 11.8. The molecule has 0 aromatic carbocycles. The minimum atomic E-state index is 0. The zero-order valence-corrected chi connectivity index (χ0v) is 16.1. The minimum absolute atomic E-state index is 0. The number of piperazine rings is 3. The largest absolute Gasteiger partial charge is 1.00 e. The Hall–Kier alpha value is 0.920. The molecule has 0 aliphatic carbocycles. The molecule has 3 rings (SSSR count). The van der Waals surface area contributed by atoms with E-state index in [2.05, 4.69) is 0 Å². The Morgan fingerprint density at radius 3 is 0.955 bits per heavy atom. The molecule has 3 fully saturated rings. The van der Waals surface area contributed by atoms with Crippen molar-refractivity contribution in [3.63, 3.8) is 0 Å². The lowest BCUT2D eigenvalue weighted by atomic mass is 10.1. The number of quaternary nitrogens is 2. The molecule has 2 spiro atoms. The molecule has 3 aliphatic rings. The Morgan fingerprint density at radius 1 is 0.500 bits per heavy atom. The van der Waals surface area contributed by atoms with Gasteiger partial charge in [-0.1, -0.05) is 0 Å². The fourth-order valence-electron chi connectivity index (χ4n) is 3.78. The fourth-order valence-corrected chi connectivity index (χ4v) is 3.78. The molecule has 22 heavy (non-hydrogen) atoms. The Balaban J connectivity index is 0. The summed E-state index contributed by atoms with van der Waals surface area (Å²) in [5.41, 5.74) is 0. The van der Waals surface area contributed by atoms with Crippen molar-refractivity contribution in [2.45, 2.75) is 0 Å². The number of hydrogen-bond donors (Lipinski definition) is 2. The molecule has 3 aliphatic heterocycles. The van der Waals surface area contributed by atoms with E-state index in [4.69, 9.17) is 11.7 Å². The highest BCUT2D eigenvalue weighted by Gasteiger charge is 2.44. The standard InChI is InChI=1S/C12H28N6.4ClH/c13-15-1-5-17(6-2-15)9-11-18(12-10-17)7-3-16(14)4-8-18;;;;/h1-14H2;4*1H/q+2;;;;/p-2. The van der Waals surface area contributed by atoms with Gasteiger partial charge in [0.05, 0.1) is 52.4 Å². The smallest absolute Gasteiger partial charge is 0.129 e. The lowest BCUT2D eigenvalue weighted by Crippen LogP contribution is -3.00. The first-order chi connectivity index (χ1) is 8.62. The van der Waals surface area contributed by atoms with Crippen LogP contribution in [0.4, 0.5) is 0 Å². The monoisotopic (exact) mass is 398 g/mol. The Kier molecular flexibility index (Phi) is 11.5. The molecular formula is C12H30Cl4N6. The molecule has 0 saturated carbocycles. The second-order valence-corrected chi connectivity index (χ2v) is 6.54. The molecule has 0 aromatic rings. The maximum absolute atomic E-state index is 5.88. The normalized spacial score (nSPS) is 27.0. The van der Waals surface area contributed by atoms with E-state index in [1.165, 1.54) is 61.3 Å². The third-order valence-corrected chi connectivity index (χ3v) is 5.54. The number of hydrogen-bond acceptors (Lipinski definition) is 4. The topological polar surface area (TPSA) is 58.5 Å². The number of nitrogens with zero attached hydrogens (tertiary/aromatic N) is 4. The van der Waals surface area contributed by atoms with Crippen LogP contribution in [0.2, 0.25) is 0 Å². The van der Waals surface area contributed by atoms with Crippen molar-refractivity contribution in [1.82, 2.24) is 10.0 Å². The van der Waals surface area contributed by atoms with E-state index in [-0.39, 0.29) is 49.6 Å². The van der Waals surface area contributed by atoms with Crippen molar-refractivity contribution in [2.24, 2.45) is 11.7 Å². The van der Waals surface area contributed by atoms with Crippen LogP contribution in [0.1, 0.15) is 0 Å². The highest BCUT2D eigenvalue weighted by atomic mass is 35.5. The van der Waals surface area contributed by atoms with Gasteiger partial charge in [-0.2, -0.15) is 0 Å².